The van der Waals surface area contributed by atoms with Crippen LogP contribution < -0.4 is 9.47 Å². The van der Waals surface area contributed by atoms with Gasteiger partial charge in [-0.3, -0.25) is 0 Å². The fourth-order valence-corrected chi connectivity index (χ4v) is 2.34. The molecule has 2 aromatic rings. The standard InChI is InChI=1S/C17H14ClF3O2/c1-10-7-16(10)23-13-4-2-3-12(9-13)22-15-6-5-11(8-14(15)18)17(19,20)21/h2-6,8-10,16H,7H2,1H3/t10?,16-/m1/s1. The van der Waals surface area contributed by atoms with E-state index >= 15 is 0 Å². The number of hydrogen-bond acceptors (Lipinski definition) is 2. The van der Waals surface area contributed by atoms with Crippen LogP contribution in [0.2, 0.25) is 5.02 Å². The minimum atomic E-state index is -4.43. The third-order valence-electron chi connectivity index (χ3n) is 3.62. The van der Waals surface area contributed by atoms with Crippen molar-refractivity contribution < 1.29 is 22.6 Å². The first-order valence-corrected chi connectivity index (χ1v) is 7.52. The third-order valence-corrected chi connectivity index (χ3v) is 3.91. The van der Waals surface area contributed by atoms with Crippen LogP contribution in [0.1, 0.15) is 18.9 Å². The van der Waals surface area contributed by atoms with Gasteiger partial charge in [0.15, 0.2) is 0 Å². The number of halogens is 4. The Morgan fingerprint density at radius 2 is 1.78 bits per heavy atom. The van der Waals surface area contributed by atoms with Crippen LogP contribution in [0.25, 0.3) is 0 Å². The predicted molar refractivity (Wildman–Crippen MR) is 81.2 cm³/mol. The smallest absolute Gasteiger partial charge is 0.416 e. The van der Waals surface area contributed by atoms with Crippen LogP contribution in [0.4, 0.5) is 13.2 Å². The number of benzene rings is 2. The molecule has 3 rings (SSSR count). The highest BCUT2D eigenvalue weighted by atomic mass is 35.5. The summed E-state index contributed by atoms with van der Waals surface area (Å²) in [5.74, 6) is 1.83. The summed E-state index contributed by atoms with van der Waals surface area (Å²) in [4.78, 5) is 0. The van der Waals surface area contributed by atoms with Gasteiger partial charge in [-0.1, -0.05) is 24.6 Å². The van der Waals surface area contributed by atoms with Crippen molar-refractivity contribution >= 4 is 11.6 Å². The van der Waals surface area contributed by atoms with Gasteiger partial charge >= 0.3 is 6.18 Å². The Balaban J connectivity index is 1.75. The second kappa shape index (κ2) is 5.96. The highest BCUT2D eigenvalue weighted by Crippen LogP contribution is 2.38. The summed E-state index contributed by atoms with van der Waals surface area (Å²) in [6, 6.07) is 9.95. The highest BCUT2D eigenvalue weighted by molar-refractivity contribution is 6.32. The zero-order chi connectivity index (χ0) is 16.6. The molecule has 0 amide bonds. The van der Waals surface area contributed by atoms with E-state index in [9.17, 15) is 13.2 Å². The summed E-state index contributed by atoms with van der Waals surface area (Å²) in [6.07, 6.45) is -3.19. The monoisotopic (exact) mass is 342 g/mol. The van der Waals surface area contributed by atoms with Crippen LogP contribution in [0.5, 0.6) is 17.2 Å². The molecule has 1 aliphatic carbocycles. The van der Waals surface area contributed by atoms with Crippen molar-refractivity contribution in [2.24, 2.45) is 5.92 Å². The van der Waals surface area contributed by atoms with Crippen molar-refractivity contribution in [2.75, 3.05) is 0 Å². The van der Waals surface area contributed by atoms with Gasteiger partial charge in [0.05, 0.1) is 10.6 Å². The van der Waals surface area contributed by atoms with Crippen LogP contribution in [0.3, 0.4) is 0 Å². The predicted octanol–water partition coefficient (Wildman–Crippen LogP) is 5.94. The van der Waals surface area contributed by atoms with E-state index < -0.39 is 11.7 Å². The highest BCUT2D eigenvalue weighted by Gasteiger charge is 2.35. The summed E-state index contributed by atoms with van der Waals surface area (Å²) < 4.78 is 49.2. The average molecular weight is 343 g/mol. The Kier molecular flexibility index (Phi) is 4.15. The molecule has 1 saturated carbocycles. The SMILES string of the molecule is CC1C[C@H]1Oc1cccc(Oc2ccc(C(F)(F)F)cc2Cl)c1. The van der Waals surface area contributed by atoms with Crippen molar-refractivity contribution in [3.8, 4) is 17.2 Å². The van der Waals surface area contributed by atoms with Gasteiger partial charge in [0.25, 0.3) is 0 Å². The van der Waals surface area contributed by atoms with Crippen LogP contribution in [0, 0.1) is 5.92 Å². The molecule has 6 heteroatoms. The molecule has 0 radical (unpaired) electrons. The van der Waals surface area contributed by atoms with E-state index in [2.05, 4.69) is 6.92 Å². The lowest BCUT2D eigenvalue weighted by Gasteiger charge is -2.12. The molecular formula is C17H14ClF3O2. The van der Waals surface area contributed by atoms with Crippen molar-refractivity contribution in [1.82, 2.24) is 0 Å². The fourth-order valence-electron chi connectivity index (χ4n) is 2.12. The maximum absolute atomic E-state index is 12.6. The normalized spacial score (nSPS) is 20.2. The van der Waals surface area contributed by atoms with Gasteiger partial charge in [-0.25, -0.2) is 0 Å². The Hall–Kier alpha value is -1.88. The molecule has 0 saturated heterocycles. The molecule has 0 aliphatic heterocycles. The molecule has 1 fully saturated rings. The Morgan fingerprint density at radius 3 is 2.39 bits per heavy atom. The van der Waals surface area contributed by atoms with Crippen molar-refractivity contribution in [1.29, 1.82) is 0 Å². The summed E-state index contributed by atoms with van der Waals surface area (Å²) in [7, 11) is 0. The lowest BCUT2D eigenvalue weighted by Crippen LogP contribution is -2.04. The molecule has 0 heterocycles. The molecule has 0 aromatic heterocycles. The van der Waals surface area contributed by atoms with Crippen molar-refractivity contribution in [3.63, 3.8) is 0 Å². The van der Waals surface area contributed by atoms with Gasteiger partial charge in [-0.15, -0.1) is 0 Å². The Bertz CT molecular complexity index is 715. The first kappa shape index (κ1) is 16.0. The zero-order valence-corrected chi connectivity index (χ0v) is 13.0. The molecule has 1 aliphatic rings. The van der Waals surface area contributed by atoms with Crippen molar-refractivity contribution in [2.45, 2.75) is 25.6 Å². The molecule has 2 nitrogen and oxygen atoms in total. The number of alkyl halides is 3. The Morgan fingerprint density at radius 1 is 1.09 bits per heavy atom. The van der Waals surface area contributed by atoms with E-state index in [0.717, 1.165) is 18.6 Å². The quantitative estimate of drug-likeness (QED) is 0.684. The van der Waals surface area contributed by atoms with Crippen LogP contribution in [0.15, 0.2) is 42.5 Å². The maximum Gasteiger partial charge on any atom is 0.416 e. The van der Waals surface area contributed by atoms with Crippen molar-refractivity contribution in [3.05, 3.63) is 53.1 Å². The van der Waals surface area contributed by atoms with E-state index in [-0.39, 0.29) is 16.9 Å². The maximum atomic E-state index is 12.6. The van der Waals surface area contributed by atoms with Gasteiger partial charge in [-0.05, 0) is 42.7 Å². The molecular weight excluding hydrogens is 329 g/mol. The number of rotatable bonds is 4. The zero-order valence-electron chi connectivity index (χ0n) is 12.2. The first-order valence-electron chi connectivity index (χ1n) is 7.14. The van der Waals surface area contributed by atoms with Gasteiger partial charge in [-0.2, -0.15) is 13.2 Å². The second-order valence-electron chi connectivity index (χ2n) is 5.59. The molecule has 0 spiro atoms. The molecule has 0 N–H and O–H groups in total. The van der Waals surface area contributed by atoms with Crippen LogP contribution in [-0.2, 0) is 6.18 Å². The molecule has 23 heavy (non-hydrogen) atoms. The number of hydrogen-bond donors (Lipinski definition) is 0. The lowest BCUT2D eigenvalue weighted by atomic mass is 10.2. The summed E-state index contributed by atoms with van der Waals surface area (Å²) in [5.41, 5.74) is -0.811. The minimum absolute atomic E-state index is 0.0954. The molecule has 0 bridgehead atoms. The van der Waals surface area contributed by atoms with E-state index in [1.165, 1.54) is 6.07 Å². The summed E-state index contributed by atoms with van der Waals surface area (Å²) in [6.45, 7) is 2.10. The van der Waals surface area contributed by atoms with Crippen LogP contribution in [-0.4, -0.2) is 6.10 Å². The van der Waals surface area contributed by atoms with E-state index in [1.807, 2.05) is 6.07 Å². The van der Waals surface area contributed by atoms with Gasteiger partial charge < -0.3 is 9.47 Å². The van der Waals surface area contributed by atoms with Gasteiger partial charge in [0.1, 0.15) is 23.4 Å². The minimum Gasteiger partial charge on any atom is -0.490 e. The third kappa shape index (κ3) is 3.91. The topological polar surface area (TPSA) is 18.5 Å². The second-order valence-corrected chi connectivity index (χ2v) is 6.00. The largest absolute Gasteiger partial charge is 0.490 e. The van der Waals surface area contributed by atoms with E-state index in [1.54, 1.807) is 18.2 Å². The lowest BCUT2D eigenvalue weighted by molar-refractivity contribution is -0.137. The van der Waals surface area contributed by atoms with E-state index in [4.69, 9.17) is 21.1 Å². The molecule has 1 unspecified atom stereocenters. The average Bonchev–Trinajstić information content (AvgIpc) is 3.15. The Labute approximate surface area is 136 Å². The summed E-state index contributed by atoms with van der Waals surface area (Å²) in [5, 5.41) is -0.0954. The molecule has 2 atom stereocenters. The fraction of sp³-hybridized carbons (Fsp3) is 0.294. The van der Waals surface area contributed by atoms with E-state index in [0.29, 0.717) is 17.4 Å². The first-order chi connectivity index (χ1) is 10.8. The van der Waals surface area contributed by atoms with Gasteiger partial charge in [0.2, 0.25) is 0 Å². The number of ether oxygens (including phenoxy) is 2. The van der Waals surface area contributed by atoms with Gasteiger partial charge in [0, 0.05) is 6.07 Å². The summed E-state index contributed by atoms with van der Waals surface area (Å²) >= 11 is 5.88. The molecule has 2 aromatic carbocycles. The molecule has 122 valence electrons. The van der Waals surface area contributed by atoms with Crippen LogP contribution >= 0.6 is 11.6 Å².